The fraction of sp³-hybridized carbons (Fsp3) is 0.417. The fourth-order valence-electron chi connectivity index (χ4n) is 2.25. The number of nitrogens with one attached hydrogen (secondary N) is 1. The Labute approximate surface area is 106 Å². The summed E-state index contributed by atoms with van der Waals surface area (Å²) < 4.78 is 31.4. The lowest BCUT2D eigenvalue weighted by Gasteiger charge is -2.31. The number of hydrogen-bond donors (Lipinski definition) is 1. The topological polar surface area (TPSA) is 67.8 Å². The molecule has 0 radical (unpaired) electrons. The van der Waals surface area contributed by atoms with Gasteiger partial charge in [0.25, 0.3) is 10.0 Å². The van der Waals surface area contributed by atoms with Crippen LogP contribution in [0.15, 0.2) is 34.2 Å². The molecule has 1 aromatic carbocycles. The highest BCUT2D eigenvalue weighted by molar-refractivity contribution is 7.90. The quantitative estimate of drug-likeness (QED) is 0.865. The van der Waals surface area contributed by atoms with Gasteiger partial charge in [-0.2, -0.15) is 0 Å². The number of benzene rings is 1. The average Bonchev–Trinajstić information content (AvgIpc) is 2.56. The second kappa shape index (κ2) is 4.07. The Morgan fingerprint density at radius 1 is 1.33 bits per heavy atom. The largest absolute Gasteiger partial charge is 0.381 e. The monoisotopic (exact) mass is 266 g/mol. The smallest absolute Gasteiger partial charge is 0.263 e. The highest BCUT2D eigenvalue weighted by Crippen LogP contribution is 2.28. The summed E-state index contributed by atoms with van der Waals surface area (Å²) in [6.45, 7) is 0. The molecule has 1 aliphatic heterocycles. The number of hydrogen-bond acceptors (Lipinski definition) is 4. The first-order chi connectivity index (χ1) is 8.60. The van der Waals surface area contributed by atoms with Crippen molar-refractivity contribution < 1.29 is 13.2 Å². The van der Waals surface area contributed by atoms with Crippen LogP contribution in [0.1, 0.15) is 18.4 Å². The molecule has 1 aliphatic carbocycles. The predicted octanol–water partition coefficient (Wildman–Crippen LogP) is 0.902. The van der Waals surface area contributed by atoms with Crippen molar-refractivity contribution in [1.29, 1.82) is 0 Å². The molecule has 0 atom stereocenters. The highest BCUT2D eigenvalue weighted by Gasteiger charge is 2.34. The Kier molecular flexibility index (Phi) is 2.64. The normalized spacial score (nSPS) is 30.6. The van der Waals surface area contributed by atoms with Crippen molar-refractivity contribution in [3.63, 3.8) is 0 Å². The molecular weight excluding hydrogens is 252 g/mol. The summed E-state index contributed by atoms with van der Waals surface area (Å²) in [7, 11) is -1.73. The molecule has 1 N–H and O–H groups in total. The van der Waals surface area contributed by atoms with Gasteiger partial charge in [-0.05, 0) is 25.0 Å². The van der Waals surface area contributed by atoms with E-state index in [0.29, 0.717) is 16.3 Å². The summed E-state index contributed by atoms with van der Waals surface area (Å²) in [5.74, 6) is 0.463. The zero-order valence-corrected chi connectivity index (χ0v) is 10.8. The molecule has 0 spiro atoms. The molecule has 18 heavy (non-hydrogen) atoms. The molecule has 0 bridgehead atoms. The van der Waals surface area contributed by atoms with Crippen LogP contribution in [0, 0.1) is 0 Å². The van der Waals surface area contributed by atoms with E-state index in [9.17, 15) is 8.42 Å². The number of amidine groups is 1. The van der Waals surface area contributed by atoms with E-state index in [2.05, 4.69) is 9.71 Å². The van der Waals surface area contributed by atoms with Crippen LogP contribution in [-0.2, 0) is 14.8 Å². The minimum atomic E-state index is -3.42. The van der Waals surface area contributed by atoms with Gasteiger partial charge in [0.05, 0.1) is 17.0 Å². The number of sulfonamides is 1. The second-order valence-electron chi connectivity index (χ2n) is 4.56. The molecule has 1 heterocycles. The maximum absolute atomic E-state index is 11.9. The molecule has 1 aromatic rings. The molecule has 5 nitrogen and oxygen atoms in total. The second-order valence-corrected chi connectivity index (χ2v) is 6.21. The van der Waals surface area contributed by atoms with Crippen LogP contribution in [0.3, 0.4) is 0 Å². The highest BCUT2D eigenvalue weighted by atomic mass is 32.2. The maximum atomic E-state index is 11.9. The lowest BCUT2D eigenvalue weighted by molar-refractivity contribution is 0.0285. The number of ether oxygens (including phenoxy) is 1. The Morgan fingerprint density at radius 2 is 2.06 bits per heavy atom. The number of nitrogens with zero attached hydrogens (tertiary/aromatic N) is 1. The van der Waals surface area contributed by atoms with Gasteiger partial charge < -0.3 is 4.74 Å². The van der Waals surface area contributed by atoms with Crippen LogP contribution in [0.2, 0.25) is 0 Å². The third-order valence-corrected chi connectivity index (χ3v) is 4.77. The van der Waals surface area contributed by atoms with Gasteiger partial charge in [-0.1, -0.05) is 12.1 Å². The molecule has 0 unspecified atom stereocenters. The molecule has 2 aliphatic rings. The van der Waals surface area contributed by atoms with E-state index in [-0.39, 0.29) is 12.1 Å². The molecular formula is C12H14N2O3S. The van der Waals surface area contributed by atoms with Crippen molar-refractivity contribution in [3.05, 3.63) is 29.8 Å². The first-order valence-corrected chi connectivity index (χ1v) is 7.31. The number of aliphatic imine (C=N–C) groups is 1. The van der Waals surface area contributed by atoms with E-state index in [4.69, 9.17) is 4.74 Å². The van der Waals surface area contributed by atoms with Crippen LogP contribution < -0.4 is 4.72 Å². The van der Waals surface area contributed by atoms with Crippen molar-refractivity contribution in [2.24, 2.45) is 4.99 Å². The third-order valence-electron chi connectivity index (χ3n) is 3.38. The lowest BCUT2D eigenvalue weighted by Crippen LogP contribution is -2.35. The van der Waals surface area contributed by atoms with E-state index < -0.39 is 10.0 Å². The van der Waals surface area contributed by atoms with E-state index in [1.807, 2.05) is 6.07 Å². The van der Waals surface area contributed by atoms with Gasteiger partial charge in [-0.25, -0.2) is 8.42 Å². The fourth-order valence-corrected chi connectivity index (χ4v) is 3.49. The molecule has 6 heteroatoms. The summed E-state index contributed by atoms with van der Waals surface area (Å²) in [4.78, 5) is 4.77. The van der Waals surface area contributed by atoms with E-state index in [1.165, 1.54) is 0 Å². The van der Waals surface area contributed by atoms with E-state index in [1.54, 1.807) is 25.3 Å². The average molecular weight is 266 g/mol. The van der Waals surface area contributed by atoms with Gasteiger partial charge in [-0.15, -0.1) is 0 Å². The zero-order valence-electron chi connectivity index (χ0n) is 9.96. The SMILES string of the molecule is COC1CC(N=C2NS(=O)(=O)c3ccccc32)C1. The summed E-state index contributed by atoms with van der Waals surface area (Å²) in [6, 6.07) is 7.05. The van der Waals surface area contributed by atoms with E-state index >= 15 is 0 Å². The molecule has 1 fully saturated rings. The van der Waals surface area contributed by atoms with Gasteiger partial charge >= 0.3 is 0 Å². The Morgan fingerprint density at radius 3 is 2.78 bits per heavy atom. The number of fused-ring (bicyclic) bond motifs is 1. The van der Waals surface area contributed by atoms with Crippen LogP contribution in [0.4, 0.5) is 0 Å². The van der Waals surface area contributed by atoms with Crippen LogP contribution in [-0.4, -0.2) is 33.5 Å². The lowest BCUT2D eigenvalue weighted by atomic mass is 9.90. The van der Waals surface area contributed by atoms with Gasteiger partial charge in [-0.3, -0.25) is 9.71 Å². The van der Waals surface area contributed by atoms with Gasteiger partial charge in [0.1, 0.15) is 5.84 Å². The molecule has 1 saturated carbocycles. The summed E-state index contributed by atoms with van der Waals surface area (Å²) in [5.41, 5.74) is 0.665. The first-order valence-electron chi connectivity index (χ1n) is 5.83. The van der Waals surface area contributed by atoms with Gasteiger partial charge in [0.2, 0.25) is 0 Å². The molecule has 0 amide bonds. The minimum Gasteiger partial charge on any atom is -0.381 e. The van der Waals surface area contributed by atoms with Crippen LogP contribution in [0.5, 0.6) is 0 Å². The maximum Gasteiger partial charge on any atom is 0.263 e. The Bertz CT molecular complexity index is 604. The predicted molar refractivity (Wildman–Crippen MR) is 67.1 cm³/mol. The first kappa shape index (κ1) is 11.7. The Hall–Kier alpha value is -1.40. The standard InChI is InChI=1S/C12H14N2O3S/c1-17-9-6-8(7-9)13-12-10-4-2-3-5-11(10)18(15,16)14-12/h2-5,8-9H,6-7H2,1H3,(H,13,14). The van der Waals surface area contributed by atoms with Crippen LogP contribution >= 0.6 is 0 Å². The van der Waals surface area contributed by atoms with Crippen molar-refractivity contribution >= 4 is 15.9 Å². The van der Waals surface area contributed by atoms with Crippen LogP contribution in [0.25, 0.3) is 0 Å². The van der Waals surface area contributed by atoms with Gasteiger partial charge in [0, 0.05) is 12.7 Å². The summed E-state index contributed by atoms with van der Waals surface area (Å²) >= 11 is 0. The Balaban J connectivity index is 1.90. The molecule has 0 aromatic heterocycles. The summed E-state index contributed by atoms with van der Waals surface area (Å²) in [6.07, 6.45) is 1.96. The molecule has 96 valence electrons. The minimum absolute atomic E-state index is 0.152. The molecule has 3 rings (SSSR count). The van der Waals surface area contributed by atoms with Crippen molar-refractivity contribution in [3.8, 4) is 0 Å². The van der Waals surface area contributed by atoms with E-state index in [0.717, 1.165) is 12.8 Å². The summed E-state index contributed by atoms with van der Waals surface area (Å²) in [5, 5.41) is 0. The zero-order chi connectivity index (χ0) is 12.8. The van der Waals surface area contributed by atoms with Crippen molar-refractivity contribution in [2.75, 3.05) is 7.11 Å². The van der Waals surface area contributed by atoms with Crippen molar-refractivity contribution in [2.45, 2.75) is 29.9 Å². The third kappa shape index (κ3) is 1.81. The van der Waals surface area contributed by atoms with Crippen molar-refractivity contribution in [1.82, 2.24) is 4.72 Å². The van der Waals surface area contributed by atoms with Gasteiger partial charge in [0.15, 0.2) is 0 Å². The number of rotatable bonds is 2. The number of methoxy groups -OCH3 is 1. The molecule has 0 saturated heterocycles.